The number of urea groups is 1. The molecule has 0 saturated heterocycles. The Morgan fingerprint density at radius 3 is 2.65 bits per heavy atom. The number of aryl methyl sites for hydroxylation is 3. The topological polar surface area (TPSA) is 74.2 Å². The predicted octanol–water partition coefficient (Wildman–Crippen LogP) is 2.64. The molecular formula is C17H23N3O2S. The van der Waals surface area contributed by atoms with Gasteiger partial charge in [-0.2, -0.15) is 0 Å². The zero-order chi connectivity index (χ0) is 16.8. The van der Waals surface area contributed by atoms with Crippen LogP contribution in [0.5, 0.6) is 0 Å². The summed E-state index contributed by atoms with van der Waals surface area (Å²) in [6, 6.07) is 7.35. The highest BCUT2D eigenvalue weighted by molar-refractivity contribution is 7.11. The largest absolute Gasteiger partial charge is 0.387 e. The lowest BCUT2D eigenvalue weighted by Gasteiger charge is -2.15. The molecule has 0 radical (unpaired) electrons. The van der Waals surface area contributed by atoms with E-state index in [1.54, 1.807) is 11.3 Å². The first kappa shape index (κ1) is 17.4. The number of thiazole rings is 1. The van der Waals surface area contributed by atoms with Gasteiger partial charge in [0.2, 0.25) is 0 Å². The first-order valence-corrected chi connectivity index (χ1v) is 8.47. The first-order valence-electron chi connectivity index (χ1n) is 7.65. The average molecular weight is 333 g/mol. The molecule has 1 aromatic heterocycles. The van der Waals surface area contributed by atoms with E-state index in [4.69, 9.17) is 0 Å². The zero-order valence-corrected chi connectivity index (χ0v) is 14.5. The van der Waals surface area contributed by atoms with Crippen molar-refractivity contribution in [3.05, 3.63) is 51.0 Å². The van der Waals surface area contributed by atoms with Crippen molar-refractivity contribution in [3.8, 4) is 0 Å². The van der Waals surface area contributed by atoms with Crippen molar-refractivity contribution in [2.45, 2.75) is 33.3 Å². The van der Waals surface area contributed by atoms with E-state index in [1.165, 1.54) is 4.88 Å². The van der Waals surface area contributed by atoms with Crippen molar-refractivity contribution >= 4 is 17.4 Å². The molecule has 0 saturated carbocycles. The quantitative estimate of drug-likeness (QED) is 0.761. The number of nitrogens with zero attached hydrogens (tertiary/aromatic N) is 1. The molecule has 0 bridgehead atoms. The van der Waals surface area contributed by atoms with Gasteiger partial charge in [0, 0.05) is 24.4 Å². The second kappa shape index (κ2) is 8.08. The molecule has 23 heavy (non-hydrogen) atoms. The number of carbonyl (C=O) groups excluding carboxylic acids is 1. The Morgan fingerprint density at radius 1 is 1.26 bits per heavy atom. The number of hydrogen-bond donors (Lipinski definition) is 3. The maximum atomic E-state index is 11.8. The van der Waals surface area contributed by atoms with Gasteiger partial charge in [0.25, 0.3) is 0 Å². The number of nitrogens with one attached hydrogen (secondary N) is 2. The van der Waals surface area contributed by atoms with Crippen molar-refractivity contribution in [3.63, 3.8) is 0 Å². The average Bonchev–Trinajstić information content (AvgIpc) is 2.83. The van der Waals surface area contributed by atoms with E-state index in [0.717, 1.165) is 28.2 Å². The maximum Gasteiger partial charge on any atom is 0.314 e. The van der Waals surface area contributed by atoms with E-state index >= 15 is 0 Å². The normalized spacial score (nSPS) is 12.0. The SMILES string of the molecule is Cc1nc(C)c(CCNC(=O)NCC(O)c2ccccc2C)s1. The number of aromatic nitrogens is 1. The number of amides is 2. The Labute approximate surface area is 140 Å². The molecule has 2 aromatic rings. The molecule has 0 aliphatic carbocycles. The van der Waals surface area contributed by atoms with Crippen LogP contribution in [0.25, 0.3) is 0 Å². The maximum absolute atomic E-state index is 11.8. The highest BCUT2D eigenvalue weighted by Crippen LogP contribution is 2.17. The van der Waals surface area contributed by atoms with E-state index in [0.29, 0.717) is 6.54 Å². The van der Waals surface area contributed by atoms with E-state index in [1.807, 2.05) is 45.0 Å². The molecule has 5 nitrogen and oxygen atoms in total. The van der Waals surface area contributed by atoms with Crippen LogP contribution in [0.4, 0.5) is 4.79 Å². The van der Waals surface area contributed by atoms with Crippen molar-refractivity contribution in [2.75, 3.05) is 13.1 Å². The summed E-state index contributed by atoms with van der Waals surface area (Å²) in [6.45, 7) is 6.65. The molecule has 0 spiro atoms. The van der Waals surface area contributed by atoms with E-state index in [2.05, 4.69) is 15.6 Å². The van der Waals surface area contributed by atoms with Crippen LogP contribution in [0.2, 0.25) is 0 Å². The minimum Gasteiger partial charge on any atom is -0.387 e. The van der Waals surface area contributed by atoms with Gasteiger partial charge in [-0.1, -0.05) is 24.3 Å². The van der Waals surface area contributed by atoms with Gasteiger partial charge in [0.05, 0.1) is 16.8 Å². The zero-order valence-electron chi connectivity index (χ0n) is 13.7. The van der Waals surface area contributed by atoms with Crippen LogP contribution in [0.15, 0.2) is 24.3 Å². The Balaban J connectivity index is 1.73. The van der Waals surface area contributed by atoms with Crippen LogP contribution in [-0.4, -0.2) is 29.2 Å². The number of aliphatic hydroxyl groups is 1. The van der Waals surface area contributed by atoms with Gasteiger partial charge < -0.3 is 15.7 Å². The third-order valence-corrected chi connectivity index (χ3v) is 4.77. The monoisotopic (exact) mass is 333 g/mol. The van der Waals surface area contributed by atoms with Crippen LogP contribution in [0.3, 0.4) is 0 Å². The van der Waals surface area contributed by atoms with Gasteiger partial charge in [0.15, 0.2) is 0 Å². The molecule has 1 unspecified atom stereocenters. The van der Waals surface area contributed by atoms with Gasteiger partial charge in [-0.15, -0.1) is 11.3 Å². The Hall–Kier alpha value is -1.92. The third kappa shape index (κ3) is 5.04. The minimum atomic E-state index is -0.701. The molecule has 0 aliphatic rings. The number of aliphatic hydroxyl groups excluding tert-OH is 1. The first-order chi connectivity index (χ1) is 11.0. The predicted molar refractivity (Wildman–Crippen MR) is 92.8 cm³/mol. The number of carbonyl (C=O) groups is 1. The number of hydrogen-bond acceptors (Lipinski definition) is 4. The Bertz CT molecular complexity index is 670. The van der Waals surface area contributed by atoms with Gasteiger partial charge in [-0.3, -0.25) is 0 Å². The van der Waals surface area contributed by atoms with Crippen molar-refractivity contribution in [2.24, 2.45) is 0 Å². The molecule has 124 valence electrons. The summed E-state index contributed by atoms with van der Waals surface area (Å²) in [4.78, 5) is 17.4. The van der Waals surface area contributed by atoms with Gasteiger partial charge in [-0.25, -0.2) is 9.78 Å². The summed E-state index contributed by atoms with van der Waals surface area (Å²) >= 11 is 1.66. The third-order valence-electron chi connectivity index (χ3n) is 3.64. The van der Waals surface area contributed by atoms with E-state index < -0.39 is 6.10 Å². The molecule has 3 N–H and O–H groups in total. The molecule has 6 heteroatoms. The lowest BCUT2D eigenvalue weighted by molar-refractivity contribution is 0.172. The van der Waals surface area contributed by atoms with Crippen LogP contribution in [-0.2, 0) is 6.42 Å². The van der Waals surface area contributed by atoms with E-state index in [9.17, 15) is 9.90 Å². The van der Waals surface area contributed by atoms with Gasteiger partial charge in [-0.05, 0) is 31.9 Å². The fraction of sp³-hybridized carbons (Fsp3) is 0.412. The molecule has 2 amide bonds. The molecule has 1 aromatic carbocycles. The Morgan fingerprint density at radius 2 is 2.00 bits per heavy atom. The van der Waals surface area contributed by atoms with Crippen LogP contribution < -0.4 is 10.6 Å². The van der Waals surface area contributed by atoms with Crippen LogP contribution in [0.1, 0.15) is 32.8 Å². The smallest absolute Gasteiger partial charge is 0.314 e. The molecule has 1 heterocycles. The standard InChI is InChI=1S/C17H23N3O2S/c1-11-6-4-5-7-14(11)15(21)10-19-17(22)18-9-8-16-12(2)20-13(3)23-16/h4-7,15,21H,8-10H2,1-3H3,(H2,18,19,22). The van der Waals surface area contributed by atoms with Crippen LogP contribution in [0, 0.1) is 20.8 Å². The fourth-order valence-corrected chi connectivity index (χ4v) is 3.35. The lowest BCUT2D eigenvalue weighted by atomic mass is 10.0. The minimum absolute atomic E-state index is 0.190. The van der Waals surface area contributed by atoms with Crippen molar-refractivity contribution in [1.29, 1.82) is 0 Å². The number of rotatable bonds is 6. The van der Waals surface area contributed by atoms with Crippen LogP contribution >= 0.6 is 11.3 Å². The van der Waals surface area contributed by atoms with E-state index in [-0.39, 0.29) is 12.6 Å². The summed E-state index contributed by atoms with van der Waals surface area (Å²) in [7, 11) is 0. The molecule has 2 rings (SSSR count). The van der Waals surface area contributed by atoms with Gasteiger partial charge in [0.1, 0.15) is 0 Å². The second-order valence-electron chi connectivity index (χ2n) is 5.50. The molecule has 1 atom stereocenters. The van der Waals surface area contributed by atoms with Crippen molar-refractivity contribution < 1.29 is 9.90 Å². The highest BCUT2D eigenvalue weighted by Gasteiger charge is 2.11. The molecule has 0 aliphatic heterocycles. The summed E-state index contributed by atoms with van der Waals surface area (Å²) in [5, 5.41) is 16.7. The summed E-state index contributed by atoms with van der Waals surface area (Å²) in [6.07, 6.45) is 0.0683. The number of benzene rings is 1. The fourth-order valence-electron chi connectivity index (χ4n) is 2.42. The Kier molecular flexibility index (Phi) is 6.12. The molecule has 0 fully saturated rings. The summed E-state index contributed by atoms with van der Waals surface area (Å²) < 4.78 is 0. The highest BCUT2D eigenvalue weighted by atomic mass is 32.1. The summed E-state index contributed by atoms with van der Waals surface area (Å²) in [5.74, 6) is 0. The van der Waals surface area contributed by atoms with Gasteiger partial charge >= 0.3 is 6.03 Å². The second-order valence-corrected chi connectivity index (χ2v) is 6.79. The van der Waals surface area contributed by atoms with Crippen molar-refractivity contribution in [1.82, 2.24) is 15.6 Å². The molecular weight excluding hydrogens is 310 g/mol. The summed E-state index contributed by atoms with van der Waals surface area (Å²) in [5.41, 5.74) is 2.88. The lowest BCUT2D eigenvalue weighted by Crippen LogP contribution is -2.38.